The number of hydrogen-bond donors (Lipinski definition) is 0. The van der Waals surface area contributed by atoms with E-state index < -0.39 is 0 Å². The van der Waals surface area contributed by atoms with Gasteiger partial charge < -0.3 is 14.4 Å². The molecule has 0 aliphatic carbocycles. The molecule has 0 atom stereocenters. The number of nitrogens with zero attached hydrogens (tertiary/aromatic N) is 4. The zero-order valence-electron chi connectivity index (χ0n) is 10.0. The van der Waals surface area contributed by atoms with Crippen LogP contribution in [0.3, 0.4) is 0 Å². The van der Waals surface area contributed by atoms with Gasteiger partial charge in [0.1, 0.15) is 6.54 Å². The lowest BCUT2D eigenvalue weighted by Crippen LogP contribution is -2.46. The summed E-state index contributed by atoms with van der Waals surface area (Å²) in [7, 11) is 1.60. The largest absolute Gasteiger partial charge is 0.383 e. The first-order valence-electron chi connectivity index (χ1n) is 5.66. The molecule has 0 spiro atoms. The number of ether oxygens (including phenoxy) is 2. The van der Waals surface area contributed by atoms with Gasteiger partial charge in [-0.25, -0.2) is 0 Å². The summed E-state index contributed by atoms with van der Waals surface area (Å²) in [4.78, 5) is 16.2. The van der Waals surface area contributed by atoms with Crippen molar-refractivity contribution >= 4 is 5.91 Å². The standard InChI is InChI=1S/C10H18N4O3/c1-16-7-4-14(10(15)8-12-13-11)9-2-5-17-6-3-9/h9H,2-8H2,1H3. The lowest BCUT2D eigenvalue weighted by molar-refractivity contribution is -0.134. The van der Waals surface area contributed by atoms with Gasteiger partial charge in [-0.2, -0.15) is 0 Å². The van der Waals surface area contributed by atoms with Crippen LogP contribution in [-0.4, -0.2) is 56.9 Å². The third-order valence-corrected chi connectivity index (χ3v) is 2.76. The Kier molecular flexibility index (Phi) is 6.39. The van der Waals surface area contributed by atoms with E-state index in [4.69, 9.17) is 15.0 Å². The fraction of sp³-hybridized carbons (Fsp3) is 0.900. The summed E-state index contributed by atoms with van der Waals surface area (Å²) in [5.41, 5.74) is 8.23. The molecule has 0 aromatic carbocycles. The fourth-order valence-corrected chi connectivity index (χ4v) is 1.88. The van der Waals surface area contributed by atoms with E-state index in [0.29, 0.717) is 26.4 Å². The summed E-state index contributed by atoms with van der Waals surface area (Å²) in [6.07, 6.45) is 1.65. The maximum Gasteiger partial charge on any atom is 0.228 e. The number of rotatable bonds is 6. The summed E-state index contributed by atoms with van der Waals surface area (Å²) < 4.78 is 10.3. The van der Waals surface area contributed by atoms with Crippen LogP contribution in [0.15, 0.2) is 5.11 Å². The van der Waals surface area contributed by atoms with Gasteiger partial charge in [-0.05, 0) is 18.4 Å². The van der Waals surface area contributed by atoms with Crippen molar-refractivity contribution in [2.45, 2.75) is 18.9 Å². The van der Waals surface area contributed by atoms with Gasteiger partial charge in [-0.1, -0.05) is 5.11 Å². The van der Waals surface area contributed by atoms with E-state index >= 15 is 0 Å². The van der Waals surface area contributed by atoms with Crippen LogP contribution in [0.5, 0.6) is 0 Å². The van der Waals surface area contributed by atoms with Crippen LogP contribution >= 0.6 is 0 Å². The molecule has 0 aromatic heterocycles. The molecule has 7 heteroatoms. The van der Waals surface area contributed by atoms with Gasteiger partial charge in [0.15, 0.2) is 0 Å². The molecule has 1 saturated heterocycles. The molecule has 1 heterocycles. The minimum Gasteiger partial charge on any atom is -0.383 e. The van der Waals surface area contributed by atoms with Gasteiger partial charge in [0, 0.05) is 37.8 Å². The molecule has 0 aromatic rings. The summed E-state index contributed by atoms with van der Waals surface area (Å²) in [6.45, 7) is 2.23. The first-order chi connectivity index (χ1) is 8.29. The van der Waals surface area contributed by atoms with Crippen molar-refractivity contribution in [2.24, 2.45) is 5.11 Å². The molecular formula is C10H18N4O3. The van der Waals surface area contributed by atoms with Gasteiger partial charge in [-0.3, -0.25) is 4.79 Å². The van der Waals surface area contributed by atoms with E-state index in [-0.39, 0.29) is 18.5 Å². The van der Waals surface area contributed by atoms with Crippen molar-refractivity contribution in [3.63, 3.8) is 0 Å². The third kappa shape index (κ3) is 4.60. The minimum atomic E-state index is -0.147. The van der Waals surface area contributed by atoms with Gasteiger partial charge in [0.2, 0.25) is 5.91 Å². The molecule has 1 fully saturated rings. The zero-order chi connectivity index (χ0) is 12.5. The molecule has 0 bridgehead atoms. The second-order valence-electron chi connectivity index (χ2n) is 3.81. The highest BCUT2D eigenvalue weighted by atomic mass is 16.5. The number of carbonyl (C=O) groups excluding carboxylic acids is 1. The maximum absolute atomic E-state index is 11.9. The second kappa shape index (κ2) is 7.89. The van der Waals surface area contributed by atoms with Crippen LogP contribution in [0, 0.1) is 0 Å². The zero-order valence-corrected chi connectivity index (χ0v) is 10.0. The van der Waals surface area contributed by atoms with E-state index in [1.54, 1.807) is 12.0 Å². The molecule has 1 rings (SSSR count). The van der Waals surface area contributed by atoms with Crippen molar-refractivity contribution in [2.75, 3.05) is 40.0 Å². The van der Waals surface area contributed by atoms with Crippen molar-refractivity contribution in [3.8, 4) is 0 Å². The van der Waals surface area contributed by atoms with Crippen LogP contribution in [0.4, 0.5) is 0 Å². The smallest absolute Gasteiger partial charge is 0.228 e. The lowest BCUT2D eigenvalue weighted by Gasteiger charge is -2.34. The highest BCUT2D eigenvalue weighted by molar-refractivity contribution is 5.78. The molecule has 0 N–H and O–H groups in total. The Balaban J connectivity index is 2.56. The van der Waals surface area contributed by atoms with E-state index in [1.807, 2.05) is 0 Å². The third-order valence-electron chi connectivity index (χ3n) is 2.76. The van der Waals surface area contributed by atoms with Crippen LogP contribution in [0.25, 0.3) is 10.4 Å². The van der Waals surface area contributed by atoms with E-state index in [9.17, 15) is 4.79 Å². The quantitative estimate of drug-likeness (QED) is 0.394. The summed E-state index contributed by atoms with van der Waals surface area (Å²) in [6, 6.07) is 0.167. The summed E-state index contributed by atoms with van der Waals surface area (Å²) >= 11 is 0. The Bertz CT molecular complexity index is 285. The molecule has 1 amide bonds. The fourth-order valence-electron chi connectivity index (χ4n) is 1.88. The van der Waals surface area contributed by atoms with Crippen molar-refractivity contribution in [1.29, 1.82) is 0 Å². The predicted octanol–water partition coefficient (Wildman–Crippen LogP) is 0.951. The number of amides is 1. The monoisotopic (exact) mass is 242 g/mol. The Hall–Kier alpha value is -1.30. The van der Waals surface area contributed by atoms with E-state index in [0.717, 1.165) is 12.8 Å². The Labute approximate surface area is 100 Å². The maximum atomic E-state index is 11.9. The van der Waals surface area contributed by atoms with Crippen LogP contribution in [0.1, 0.15) is 12.8 Å². The molecular weight excluding hydrogens is 224 g/mol. The highest BCUT2D eigenvalue weighted by Crippen LogP contribution is 2.14. The van der Waals surface area contributed by atoms with Gasteiger partial charge >= 0.3 is 0 Å². The lowest BCUT2D eigenvalue weighted by atomic mass is 10.1. The molecule has 0 radical (unpaired) electrons. The number of azide groups is 1. The van der Waals surface area contributed by atoms with Gasteiger partial charge in [0.25, 0.3) is 0 Å². The Morgan fingerprint density at radius 3 is 2.88 bits per heavy atom. The topological polar surface area (TPSA) is 87.5 Å². The highest BCUT2D eigenvalue weighted by Gasteiger charge is 2.24. The van der Waals surface area contributed by atoms with Crippen molar-refractivity contribution < 1.29 is 14.3 Å². The Morgan fingerprint density at radius 2 is 2.29 bits per heavy atom. The molecule has 7 nitrogen and oxygen atoms in total. The SMILES string of the molecule is COCCN(C(=O)CN=[N+]=[N-])C1CCOCC1. The number of methoxy groups -OCH3 is 1. The molecule has 0 saturated carbocycles. The minimum absolute atomic E-state index is 0.127. The van der Waals surface area contributed by atoms with Crippen LogP contribution in [-0.2, 0) is 14.3 Å². The van der Waals surface area contributed by atoms with Crippen molar-refractivity contribution in [1.82, 2.24) is 4.90 Å². The first kappa shape index (κ1) is 13.8. The Morgan fingerprint density at radius 1 is 1.59 bits per heavy atom. The van der Waals surface area contributed by atoms with Crippen LogP contribution in [0.2, 0.25) is 0 Å². The summed E-state index contributed by atoms with van der Waals surface area (Å²) in [5.74, 6) is -0.147. The number of carbonyl (C=O) groups is 1. The predicted molar refractivity (Wildman–Crippen MR) is 61.4 cm³/mol. The number of hydrogen-bond acceptors (Lipinski definition) is 4. The van der Waals surface area contributed by atoms with E-state index in [1.165, 1.54) is 0 Å². The summed E-state index contributed by atoms with van der Waals surface area (Å²) in [5, 5.41) is 3.31. The molecule has 0 unspecified atom stereocenters. The molecule has 96 valence electrons. The van der Waals surface area contributed by atoms with Gasteiger partial charge in [-0.15, -0.1) is 0 Å². The molecule has 1 aliphatic heterocycles. The average Bonchev–Trinajstić information content (AvgIpc) is 2.38. The van der Waals surface area contributed by atoms with Crippen LogP contribution < -0.4 is 0 Å². The van der Waals surface area contributed by atoms with E-state index in [2.05, 4.69) is 10.0 Å². The molecule has 17 heavy (non-hydrogen) atoms. The van der Waals surface area contributed by atoms with Crippen molar-refractivity contribution in [3.05, 3.63) is 10.4 Å². The first-order valence-corrected chi connectivity index (χ1v) is 5.66. The van der Waals surface area contributed by atoms with Gasteiger partial charge in [0.05, 0.1) is 6.61 Å². The second-order valence-corrected chi connectivity index (χ2v) is 3.81. The average molecular weight is 242 g/mol. The molecule has 1 aliphatic rings. The normalized spacial score (nSPS) is 16.3.